The maximum Gasteiger partial charge on any atom is 0.285 e. The van der Waals surface area contributed by atoms with Gasteiger partial charge in [0.05, 0.1) is 12.1 Å². The zero-order valence-electron chi connectivity index (χ0n) is 15.4. The Morgan fingerprint density at radius 1 is 1.14 bits per heavy atom. The number of sulfonamides is 1. The van der Waals surface area contributed by atoms with Crippen LogP contribution in [-0.4, -0.2) is 31.0 Å². The fourth-order valence-electron chi connectivity index (χ4n) is 2.73. The molecule has 0 bridgehead atoms. The number of carbonyl (C=O) groups excluding carboxylic acids is 1. The maximum atomic E-state index is 12.6. The summed E-state index contributed by atoms with van der Waals surface area (Å²) in [5.74, 6) is -0.557. The van der Waals surface area contributed by atoms with E-state index in [4.69, 9.17) is 16.3 Å². The summed E-state index contributed by atoms with van der Waals surface area (Å²) >= 11 is 5.98. The van der Waals surface area contributed by atoms with Crippen LogP contribution in [0.5, 0.6) is 5.75 Å². The topological polar surface area (TPSA) is 90.3 Å². The van der Waals surface area contributed by atoms with E-state index in [1.807, 2.05) is 36.8 Å². The van der Waals surface area contributed by atoms with Crippen LogP contribution in [0.25, 0.3) is 5.69 Å². The average Bonchev–Trinajstić information content (AvgIpc) is 3.11. The largest absolute Gasteiger partial charge is 0.497 e. The van der Waals surface area contributed by atoms with Gasteiger partial charge in [-0.2, -0.15) is 0 Å². The van der Waals surface area contributed by atoms with Crippen molar-refractivity contribution in [2.75, 3.05) is 7.11 Å². The number of halogens is 1. The first kappa shape index (κ1) is 19.9. The molecule has 9 heteroatoms. The second kappa shape index (κ2) is 7.65. The molecular weight excluding hydrogens is 402 g/mol. The number of ether oxygens (including phenoxy) is 1. The minimum absolute atomic E-state index is 0.0261. The van der Waals surface area contributed by atoms with Gasteiger partial charge in [0.1, 0.15) is 22.7 Å². The number of hydrogen-bond acceptors (Lipinski definition) is 5. The van der Waals surface area contributed by atoms with Gasteiger partial charge in [-0.1, -0.05) is 17.7 Å². The Bertz CT molecular complexity index is 1140. The molecule has 0 spiro atoms. The summed E-state index contributed by atoms with van der Waals surface area (Å²) < 4.78 is 33.8. The van der Waals surface area contributed by atoms with Crippen LogP contribution in [0.2, 0.25) is 5.02 Å². The average molecular weight is 420 g/mol. The molecule has 2 aromatic carbocycles. The molecule has 0 atom stereocenters. The van der Waals surface area contributed by atoms with Gasteiger partial charge in [-0.3, -0.25) is 4.79 Å². The number of carbonyl (C=O) groups is 1. The zero-order valence-corrected chi connectivity index (χ0v) is 17.0. The highest BCUT2D eigenvalue weighted by atomic mass is 35.5. The molecule has 0 saturated carbocycles. The zero-order chi connectivity index (χ0) is 20.5. The van der Waals surface area contributed by atoms with E-state index in [1.54, 1.807) is 4.57 Å². The van der Waals surface area contributed by atoms with Crippen molar-refractivity contribution >= 4 is 27.5 Å². The van der Waals surface area contributed by atoms with Crippen LogP contribution in [0.4, 0.5) is 0 Å². The molecule has 3 aromatic rings. The molecule has 3 rings (SSSR count). The number of amides is 1. The summed E-state index contributed by atoms with van der Waals surface area (Å²) in [6, 6.07) is 10.0. The number of imidazole rings is 1. The normalized spacial score (nSPS) is 11.3. The summed E-state index contributed by atoms with van der Waals surface area (Å²) in [6.45, 7) is 3.93. The number of benzene rings is 2. The Labute approximate surface area is 168 Å². The lowest BCUT2D eigenvalue weighted by Gasteiger charge is -2.09. The van der Waals surface area contributed by atoms with Crippen LogP contribution in [0, 0.1) is 13.8 Å². The second-order valence-electron chi connectivity index (χ2n) is 6.24. The van der Waals surface area contributed by atoms with Crippen molar-refractivity contribution in [1.82, 2.24) is 14.3 Å². The maximum absolute atomic E-state index is 12.6. The first-order valence-corrected chi connectivity index (χ1v) is 10.1. The Kier molecular flexibility index (Phi) is 5.44. The lowest BCUT2D eigenvalue weighted by Crippen LogP contribution is -2.31. The summed E-state index contributed by atoms with van der Waals surface area (Å²) in [4.78, 5) is 16.2. The molecule has 7 nitrogen and oxygen atoms in total. The number of rotatable bonds is 5. The van der Waals surface area contributed by atoms with Gasteiger partial charge in [0, 0.05) is 18.0 Å². The van der Waals surface area contributed by atoms with Gasteiger partial charge in [-0.25, -0.2) is 18.1 Å². The Hall–Kier alpha value is -2.84. The molecule has 0 unspecified atom stereocenters. The highest BCUT2D eigenvalue weighted by molar-refractivity contribution is 7.90. The molecule has 0 aliphatic heterocycles. The van der Waals surface area contributed by atoms with Crippen molar-refractivity contribution < 1.29 is 17.9 Å². The van der Waals surface area contributed by atoms with Gasteiger partial charge in [0.25, 0.3) is 15.9 Å². The van der Waals surface area contributed by atoms with E-state index in [2.05, 4.69) is 4.98 Å². The van der Waals surface area contributed by atoms with Crippen LogP contribution in [0.3, 0.4) is 0 Å². The van der Waals surface area contributed by atoms with Crippen LogP contribution in [0.1, 0.15) is 21.6 Å². The molecule has 1 N–H and O–H groups in total. The third-order valence-corrected chi connectivity index (χ3v) is 5.79. The molecular formula is C19H18ClN3O4S. The van der Waals surface area contributed by atoms with Crippen LogP contribution in [-0.2, 0) is 10.0 Å². The number of nitrogens with zero attached hydrogens (tertiary/aromatic N) is 2. The monoisotopic (exact) mass is 419 g/mol. The number of nitrogens with one attached hydrogen (secondary N) is 1. The van der Waals surface area contributed by atoms with E-state index in [-0.39, 0.29) is 15.6 Å². The lowest BCUT2D eigenvalue weighted by molar-refractivity contribution is 0.0977. The molecule has 0 saturated heterocycles. The summed E-state index contributed by atoms with van der Waals surface area (Å²) in [6.07, 6.45) is 2.92. The van der Waals surface area contributed by atoms with E-state index >= 15 is 0 Å². The quantitative estimate of drug-likeness (QED) is 0.685. The molecule has 146 valence electrons. The Morgan fingerprint density at radius 3 is 2.46 bits per heavy atom. The summed E-state index contributed by atoms with van der Waals surface area (Å²) in [7, 11) is -2.80. The van der Waals surface area contributed by atoms with Gasteiger partial charge in [0.15, 0.2) is 0 Å². The Morgan fingerprint density at radius 2 is 1.82 bits per heavy atom. The molecule has 1 aromatic heterocycles. The highest BCUT2D eigenvalue weighted by Gasteiger charge is 2.23. The molecule has 0 radical (unpaired) electrons. The van der Waals surface area contributed by atoms with Gasteiger partial charge < -0.3 is 9.30 Å². The van der Waals surface area contributed by atoms with Crippen molar-refractivity contribution in [3.05, 3.63) is 70.8 Å². The molecule has 28 heavy (non-hydrogen) atoms. The van der Waals surface area contributed by atoms with Crippen LogP contribution < -0.4 is 9.46 Å². The summed E-state index contributed by atoms with van der Waals surface area (Å²) in [5.41, 5.74) is 2.90. The van der Waals surface area contributed by atoms with Crippen molar-refractivity contribution in [3.63, 3.8) is 0 Å². The van der Waals surface area contributed by atoms with E-state index in [9.17, 15) is 13.2 Å². The first-order chi connectivity index (χ1) is 13.2. The van der Waals surface area contributed by atoms with Gasteiger partial charge in [0.2, 0.25) is 0 Å². The molecule has 0 fully saturated rings. The van der Waals surface area contributed by atoms with E-state index < -0.39 is 15.9 Å². The number of aryl methyl sites for hydroxylation is 2. The number of hydrogen-bond donors (Lipinski definition) is 1. The summed E-state index contributed by atoms with van der Waals surface area (Å²) in [5, 5.41) is -0.0261. The second-order valence-corrected chi connectivity index (χ2v) is 8.30. The van der Waals surface area contributed by atoms with Crippen molar-refractivity contribution in [1.29, 1.82) is 0 Å². The van der Waals surface area contributed by atoms with Crippen molar-refractivity contribution in [2.24, 2.45) is 0 Å². The molecule has 1 amide bonds. The molecule has 0 aliphatic rings. The highest BCUT2D eigenvalue weighted by Crippen LogP contribution is 2.26. The molecule has 0 aliphatic carbocycles. The van der Waals surface area contributed by atoms with Crippen LogP contribution >= 0.6 is 11.6 Å². The van der Waals surface area contributed by atoms with E-state index in [0.717, 1.165) is 16.8 Å². The minimum Gasteiger partial charge on any atom is -0.497 e. The van der Waals surface area contributed by atoms with Gasteiger partial charge >= 0.3 is 0 Å². The Balaban J connectivity index is 1.86. The van der Waals surface area contributed by atoms with Gasteiger partial charge in [-0.15, -0.1) is 0 Å². The predicted molar refractivity (Wildman–Crippen MR) is 106 cm³/mol. The van der Waals surface area contributed by atoms with Crippen LogP contribution in [0.15, 0.2) is 53.8 Å². The third-order valence-electron chi connectivity index (χ3n) is 3.97. The van der Waals surface area contributed by atoms with Gasteiger partial charge in [-0.05, 0) is 49.2 Å². The number of methoxy groups -OCH3 is 1. The van der Waals surface area contributed by atoms with E-state index in [0.29, 0.717) is 5.75 Å². The standard InChI is InChI=1S/C19H18ClN3O4S/c1-12-6-13(2)8-14(7-12)23-10-17(21-11-23)19(24)22-28(25,26)18-9-15(27-3)4-5-16(18)20/h4-11H,1-3H3,(H,22,24). The van der Waals surface area contributed by atoms with Crippen molar-refractivity contribution in [3.8, 4) is 11.4 Å². The minimum atomic E-state index is -4.20. The molecule has 1 heterocycles. The SMILES string of the molecule is COc1ccc(Cl)c(S(=O)(=O)NC(=O)c2cn(-c3cc(C)cc(C)c3)cn2)c1. The lowest BCUT2D eigenvalue weighted by atomic mass is 10.1. The predicted octanol–water partition coefficient (Wildman–Crippen LogP) is 3.27. The van der Waals surface area contributed by atoms with E-state index in [1.165, 1.54) is 37.8 Å². The fourth-order valence-corrected chi connectivity index (χ4v) is 4.20. The first-order valence-electron chi connectivity index (χ1n) is 8.23. The third kappa shape index (κ3) is 4.18. The van der Waals surface area contributed by atoms with Crippen molar-refractivity contribution in [2.45, 2.75) is 18.7 Å². The smallest absolute Gasteiger partial charge is 0.285 e. The fraction of sp³-hybridized carbons (Fsp3) is 0.158. The number of aromatic nitrogens is 2.